The first-order valence-corrected chi connectivity index (χ1v) is 13.0. The van der Waals surface area contributed by atoms with Crippen molar-refractivity contribution in [2.75, 3.05) is 23.9 Å². The van der Waals surface area contributed by atoms with Crippen LogP contribution < -0.4 is 25.0 Å². The molecule has 208 valence electrons. The lowest BCUT2D eigenvalue weighted by Gasteiger charge is -2.20. The number of phenolic OH excluding ortho intramolecular Hbond substituents is 1. The van der Waals surface area contributed by atoms with Crippen molar-refractivity contribution in [2.24, 2.45) is 0 Å². The van der Waals surface area contributed by atoms with Gasteiger partial charge in [0.25, 0.3) is 11.1 Å². The number of nitrogens with zero attached hydrogens (tertiary/aromatic N) is 1. The summed E-state index contributed by atoms with van der Waals surface area (Å²) in [5.41, 5.74) is 2.57. The second kappa shape index (κ2) is 12.0. The van der Waals surface area contributed by atoms with Crippen LogP contribution in [0.4, 0.5) is 21.0 Å². The van der Waals surface area contributed by atoms with Crippen LogP contribution in [0.3, 0.4) is 0 Å². The molecule has 1 atom stereocenters. The number of ether oxygens (including phenoxy) is 2. The lowest BCUT2D eigenvalue weighted by atomic mass is 10.1. The van der Waals surface area contributed by atoms with Crippen LogP contribution in [0.2, 0.25) is 0 Å². The van der Waals surface area contributed by atoms with E-state index in [9.17, 15) is 29.4 Å². The van der Waals surface area contributed by atoms with Gasteiger partial charge < -0.3 is 25.0 Å². The van der Waals surface area contributed by atoms with Gasteiger partial charge in [-0.05, 0) is 73.4 Å². The number of aryl methyl sites for hydroxylation is 2. The Kier molecular flexibility index (Phi) is 8.49. The van der Waals surface area contributed by atoms with Gasteiger partial charge in [0.1, 0.15) is 23.0 Å². The first-order chi connectivity index (χ1) is 19.0. The van der Waals surface area contributed by atoms with E-state index in [0.717, 1.165) is 22.2 Å². The predicted molar refractivity (Wildman–Crippen MR) is 150 cm³/mol. The van der Waals surface area contributed by atoms with Gasteiger partial charge in [-0.3, -0.25) is 24.6 Å². The Hall–Kier alpha value is -4.71. The number of aromatic hydroxyl groups is 1. The summed E-state index contributed by atoms with van der Waals surface area (Å²) in [5, 5.41) is 23.5. The first-order valence-electron chi connectivity index (χ1n) is 12.1. The van der Waals surface area contributed by atoms with Gasteiger partial charge in [0.05, 0.1) is 16.6 Å². The van der Waals surface area contributed by atoms with E-state index in [1.807, 2.05) is 0 Å². The summed E-state index contributed by atoms with van der Waals surface area (Å²) in [6.07, 6.45) is -0.854. The van der Waals surface area contributed by atoms with E-state index in [2.05, 4.69) is 10.6 Å². The fraction of sp³-hybridized carbons (Fsp3) is 0.214. The third-order valence-electron chi connectivity index (χ3n) is 6.09. The van der Waals surface area contributed by atoms with E-state index in [0.29, 0.717) is 34.8 Å². The molecule has 4 N–H and O–H groups in total. The van der Waals surface area contributed by atoms with Crippen molar-refractivity contribution in [1.82, 2.24) is 5.32 Å². The van der Waals surface area contributed by atoms with Gasteiger partial charge in [0, 0.05) is 13.1 Å². The van der Waals surface area contributed by atoms with Crippen LogP contribution in [0.5, 0.6) is 23.0 Å². The zero-order valence-electron chi connectivity index (χ0n) is 21.9. The Morgan fingerprint density at radius 1 is 1.02 bits per heavy atom. The number of carboxylic acid groups (broad SMARTS) is 1. The van der Waals surface area contributed by atoms with Crippen LogP contribution in [0.1, 0.15) is 16.7 Å². The van der Waals surface area contributed by atoms with Gasteiger partial charge in [0.15, 0.2) is 6.61 Å². The maximum absolute atomic E-state index is 12.6. The molecule has 0 saturated carbocycles. The summed E-state index contributed by atoms with van der Waals surface area (Å²) in [7, 11) is 1.34. The van der Waals surface area contributed by atoms with Crippen LogP contribution in [0.15, 0.2) is 54.6 Å². The van der Waals surface area contributed by atoms with Gasteiger partial charge in [-0.25, -0.2) is 4.79 Å². The zero-order valence-corrected chi connectivity index (χ0v) is 22.7. The Balaban J connectivity index is 1.40. The SMILES string of the molecule is Cc1cc(Oc2ccc(NC(=O)COc3ccc(CC4SC(=O)NC4=O)cc3)c(N(C)C(=O)O)c2)c(C)cc1O. The molecule has 0 bridgehead atoms. The molecule has 4 amide bonds. The molecule has 40 heavy (non-hydrogen) atoms. The van der Waals surface area contributed by atoms with Crippen LogP contribution in [0.25, 0.3) is 0 Å². The molecule has 1 aliphatic rings. The third-order valence-corrected chi connectivity index (χ3v) is 7.08. The smallest absolute Gasteiger partial charge is 0.411 e. The highest BCUT2D eigenvalue weighted by Gasteiger charge is 2.31. The lowest BCUT2D eigenvalue weighted by molar-refractivity contribution is -0.119. The molecule has 1 saturated heterocycles. The monoisotopic (exact) mass is 565 g/mol. The summed E-state index contributed by atoms with van der Waals surface area (Å²) in [4.78, 5) is 48.4. The Labute approximate surface area is 234 Å². The van der Waals surface area contributed by atoms with Crippen molar-refractivity contribution in [3.05, 3.63) is 71.3 Å². The topological polar surface area (TPSA) is 154 Å². The van der Waals surface area contributed by atoms with E-state index in [4.69, 9.17) is 9.47 Å². The number of carbonyl (C=O) groups excluding carboxylic acids is 3. The molecule has 3 aromatic rings. The third kappa shape index (κ3) is 6.83. The molecule has 1 unspecified atom stereocenters. The van der Waals surface area contributed by atoms with E-state index in [1.165, 1.54) is 19.2 Å². The fourth-order valence-corrected chi connectivity index (χ4v) is 4.73. The molecule has 4 rings (SSSR count). The highest BCUT2D eigenvalue weighted by Crippen LogP contribution is 2.35. The molecule has 12 heteroatoms. The Bertz CT molecular complexity index is 1480. The number of carbonyl (C=O) groups is 4. The Morgan fingerprint density at radius 3 is 2.38 bits per heavy atom. The minimum atomic E-state index is -1.24. The number of amides is 4. The molecule has 0 aromatic heterocycles. The van der Waals surface area contributed by atoms with Crippen molar-refractivity contribution < 1.29 is 38.9 Å². The second-order valence-electron chi connectivity index (χ2n) is 9.09. The van der Waals surface area contributed by atoms with Crippen LogP contribution in [-0.2, 0) is 16.0 Å². The van der Waals surface area contributed by atoms with Crippen molar-refractivity contribution in [3.63, 3.8) is 0 Å². The highest BCUT2D eigenvalue weighted by molar-refractivity contribution is 8.15. The van der Waals surface area contributed by atoms with Crippen molar-refractivity contribution in [2.45, 2.75) is 25.5 Å². The number of anilines is 2. The molecule has 0 spiro atoms. The zero-order chi connectivity index (χ0) is 29.0. The van der Waals surface area contributed by atoms with Crippen molar-refractivity contribution in [1.29, 1.82) is 0 Å². The molecule has 0 aliphatic carbocycles. The average molecular weight is 566 g/mol. The molecular formula is C28H27N3O8S. The molecule has 11 nitrogen and oxygen atoms in total. The predicted octanol–water partition coefficient (Wildman–Crippen LogP) is 4.83. The first kappa shape index (κ1) is 28.3. The summed E-state index contributed by atoms with van der Waals surface area (Å²) < 4.78 is 11.5. The highest BCUT2D eigenvalue weighted by atomic mass is 32.2. The number of phenols is 1. The summed E-state index contributed by atoms with van der Waals surface area (Å²) in [5.74, 6) is 0.565. The quantitative estimate of drug-likeness (QED) is 0.286. The van der Waals surface area contributed by atoms with Gasteiger partial charge in [-0.1, -0.05) is 23.9 Å². The van der Waals surface area contributed by atoms with E-state index < -0.39 is 17.3 Å². The van der Waals surface area contributed by atoms with Crippen LogP contribution >= 0.6 is 11.8 Å². The number of hydrogen-bond donors (Lipinski definition) is 4. The van der Waals surface area contributed by atoms with Crippen LogP contribution in [0, 0.1) is 13.8 Å². The number of benzene rings is 3. The number of rotatable bonds is 9. The summed E-state index contributed by atoms with van der Waals surface area (Å²) in [6, 6.07) is 14.7. The molecule has 1 heterocycles. The van der Waals surface area contributed by atoms with Crippen molar-refractivity contribution >= 4 is 46.3 Å². The summed E-state index contributed by atoms with van der Waals surface area (Å²) in [6.45, 7) is 3.17. The van der Waals surface area contributed by atoms with Gasteiger partial charge >= 0.3 is 6.09 Å². The molecule has 1 fully saturated rings. The average Bonchev–Trinajstić information content (AvgIpc) is 3.23. The maximum Gasteiger partial charge on any atom is 0.411 e. The van der Waals surface area contributed by atoms with E-state index in [-0.39, 0.29) is 34.9 Å². The number of hydrogen-bond acceptors (Lipinski definition) is 8. The van der Waals surface area contributed by atoms with E-state index in [1.54, 1.807) is 56.3 Å². The second-order valence-corrected chi connectivity index (χ2v) is 10.3. The van der Waals surface area contributed by atoms with Gasteiger partial charge in [0.2, 0.25) is 5.91 Å². The van der Waals surface area contributed by atoms with Gasteiger partial charge in [-0.15, -0.1) is 0 Å². The Morgan fingerprint density at radius 2 is 1.73 bits per heavy atom. The van der Waals surface area contributed by atoms with Crippen molar-refractivity contribution in [3.8, 4) is 23.0 Å². The number of imide groups is 1. The minimum absolute atomic E-state index is 0.141. The van der Waals surface area contributed by atoms with E-state index >= 15 is 0 Å². The molecular weight excluding hydrogens is 538 g/mol. The minimum Gasteiger partial charge on any atom is -0.508 e. The largest absolute Gasteiger partial charge is 0.508 e. The normalized spacial score (nSPS) is 14.4. The fourth-order valence-electron chi connectivity index (χ4n) is 3.87. The molecule has 0 radical (unpaired) electrons. The lowest BCUT2D eigenvalue weighted by Crippen LogP contribution is -2.27. The standard InChI is InChI=1S/C28H27N3O8S/c1-15-11-23(16(2)10-22(15)32)39-19-8-9-20(21(13-19)31(3)28(36)37)29-25(33)14-38-18-6-4-17(5-7-18)12-24-26(34)30-27(35)40-24/h4-11,13,24,32H,12,14H2,1-3H3,(H,29,33)(H,36,37)(H,30,34,35). The molecule has 3 aromatic carbocycles. The van der Waals surface area contributed by atoms with Gasteiger partial charge in [-0.2, -0.15) is 0 Å². The number of thioether (sulfide) groups is 1. The molecule has 1 aliphatic heterocycles. The summed E-state index contributed by atoms with van der Waals surface area (Å²) >= 11 is 0.954. The van der Waals surface area contributed by atoms with Crippen LogP contribution in [-0.4, -0.2) is 52.3 Å². The number of nitrogens with one attached hydrogen (secondary N) is 2. The maximum atomic E-state index is 12.6.